The van der Waals surface area contributed by atoms with E-state index in [9.17, 15) is 4.79 Å². The second-order valence-electron chi connectivity index (χ2n) is 7.08. The molecule has 2 unspecified atom stereocenters. The van der Waals surface area contributed by atoms with Crippen molar-refractivity contribution < 1.29 is 7.65 Å². The van der Waals surface area contributed by atoms with Crippen LogP contribution in [-0.2, 0) is 11.8 Å². The van der Waals surface area contributed by atoms with Crippen LogP contribution in [0.2, 0.25) is 0 Å². The molecule has 3 atom stereocenters. The summed E-state index contributed by atoms with van der Waals surface area (Å²) in [4.78, 5) is 19.4. The van der Waals surface area contributed by atoms with Crippen molar-refractivity contribution in [3.63, 3.8) is 0 Å². The van der Waals surface area contributed by atoms with Gasteiger partial charge in [-0.25, -0.2) is 4.68 Å². The van der Waals surface area contributed by atoms with Crippen molar-refractivity contribution in [1.29, 1.82) is 5.26 Å². The van der Waals surface area contributed by atoms with Gasteiger partial charge >= 0.3 is 0 Å². The molecule has 1 saturated heterocycles. The first-order valence-corrected chi connectivity index (χ1v) is 8.46. The number of hydrogen-bond donors (Lipinski definition) is 1. The molecule has 7 heteroatoms. The number of carbonyl (C=O) groups excluding carboxylic acids is 1. The maximum Gasteiger partial charge on any atom is 0.223 e. The Morgan fingerprint density at radius 1 is 1.48 bits per heavy atom. The van der Waals surface area contributed by atoms with E-state index < -0.39 is 0 Å². The van der Waals surface area contributed by atoms with Crippen LogP contribution in [-0.4, -0.2) is 51.8 Å². The van der Waals surface area contributed by atoms with Crippen molar-refractivity contribution in [3.8, 4) is 6.07 Å². The zero-order chi connectivity index (χ0) is 16.8. The van der Waals surface area contributed by atoms with E-state index in [2.05, 4.69) is 34.2 Å². The van der Waals surface area contributed by atoms with Gasteiger partial charge in [0.15, 0.2) is 5.82 Å². The van der Waals surface area contributed by atoms with E-state index in [1.807, 2.05) is 17.9 Å². The fraction of sp³-hybridized carbons (Fsp3) is 0.611. The number of anilines is 1. The zero-order valence-corrected chi connectivity index (χ0v) is 14.1. The first-order chi connectivity index (χ1) is 11.6. The number of nitriles is 1. The smallest absolute Gasteiger partial charge is 0.223 e. The van der Waals surface area contributed by atoms with E-state index in [1.165, 1.54) is 0 Å². The van der Waals surface area contributed by atoms with Crippen LogP contribution in [0.25, 0.3) is 11.0 Å². The molecule has 1 aliphatic carbocycles. The summed E-state index contributed by atoms with van der Waals surface area (Å²) in [5.41, 5.74) is 1.03. The summed E-state index contributed by atoms with van der Waals surface area (Å²) in [6.45, 7) is 0.940. The monoisotopic (exact) mass is 346 g/mol. The number of nitrogens with zero attached hydrogens (tertiary/aromatic N) is 5. The van der Waals surface area contributed by atoms with Gasteiger partial charge in [-0.2, -0.15) is 10.4 Å². The molecule has 4 rings (SSSR count). The van der Waals surface area contributed by atoms with Gasteiger partial charge in [0, 0.05) is 42.2 Å². The lowest BCUT2D eigenvalue weighted by molar-refractivity contribution is -0.135. The van der Waals surface area contributed by atoms with Gasteiger partial charge in [0.1, 0.15) is 12.2 Å². The molecule has 25 heavy (non-hydrogen) atoms. The Bertz CT molecular complexity index is 826. The van der Waals surface area contributed by atoms with Gasteiger partial charge in [0.2, 0.25) is 5.91 Å². The number of nitrogens with one attached hydrogen (secondary N) is 1. The molecule has 138 valence electrons. The predicted molar refractivity (Wildman–Crippen MR) is 101 cm³/mol. The summed E-state index contributed by atoms with van der Waals surface area (Å²) >= 11 is 0. The number of H-pyrrole nitrogens is 1. The molecule has 0 radical (unpaired) electrons. The molecule has 1 aliphatic heterocycles. The van der Waals surface area contributed by atoms with Crippen LogP contribution in [0.3, 0.4) is 0 Å². The van der Waals surface area contributed by atoms with Crippen LogP contribution in [0, 0.1) is 23.2 Å². The van der Waals surface area contributed by atoms with Crippen molar-refractivity contribution in [1.82, 2.24) is 19.7 Å². The molecule has 1 N–H and O–H groups in total. The summed E-state index contributed by atoms with van der Waals surface area (Å²) in [7, 11) is 4.05. The topological polar surface area (TPSA) is 81.0 Å². The Labute approximate surface area is 151 Å². The molecule has 3 heterocycles. The Morgan fingerprint density at radius 2 is 2.24 bits per heavy atom. The number of piperidine rings is 1. The summed E-state index contributed by atoms with van der Waals surface area (Å²) in [6.07, 6.45) is 4.60. The number of likely N-dealkylation sites (tertiary alicyclic amines) is 1. The maximum atomic E-state index is 12.2. The molecule has 2 aromatic rings. The first-order valence-electron chi connectivity index (χ1n) is 8.46. The van der Waals surface area contributed by atoms with E-state index in [-0.39, 0.29) is 22.7 Å². The highest BCUT2D eigenvalue weighted by Gasteiger charge is 2.42. The SMILES string of the molecule is C.CN(c1nn(C)c2[nH]ccc12)C1CC2CC(=O)N(CC#N)C[C@H]2C1.[HH].[HH]. The Hall–Kier alpha value is -2.49. The highest BCUT2D eigenvalue weighted by molar-refractivity contribution is 5.88. The Kier molecular flexibility index (Phi) is 4.46. The van der Waals surface area contributed by atoms with Crippen LogP contribution in [0.4, 0.5) is 5.82 Å². The largest absolute Gasteiger partial charge is 0.355 e. The third-order valence-corrected chi connectivity index (χ3v) is 5.74. The number of aromatic nitrogens is 3. The number of hydrogen-bond acceptors (Lipinski definition) is 4. The summed E-state index contributed by atoms with van der Waals surface area (Å²) in [6, 6.07) is 4.56. The van der Waals surface area contributed by atoms with Crippen LogP contribution in [0.1, 0.15) is 29.5 Å². The lowest BCUT2D eigenvalue weighted by Gasteiger charge is -2.33. The summed E-state index contributed by atoms with van der Waals surface area (Å²) < 4.78 is 1.88. The van der Waals surface area contributed by atoms with E-state index in [0.717, 1.165) is 36.2 Å². The average molecular weight is 346 g/mol. The zero-order valence-electron chi connectivity index (χ0n) is 14.1. The highest BCUT2D eigenvalue weighted by atomic mass is 16.2. The minimum Gasteiger partial charge on any atom is -0.355 e. The van der Waals surface area contributed by atoms with Gasteiger partial charge in [-0.05, 0) is 30.7 Å². The van der Waals surface area contributed by atoms with Crippen molar-refractivity contribution >= 4 is 22.8 Å². The molecular weight excluding hydrogens is 316 g/mol. The molecule has 2 aromatic heterocycles. The maximum absolute atomic E-state index is 12.2. The molecule has 0 bridgehead atoms. The minimum absolute atomic E-state index is 0. The van der Waals surface area contributed by atoms with Gasteiger partial charge in [0.05, 0.1) is 11.5 Å². The average Bonchev–Trinajstić information content (AvgIpc) is 3.24. The Morgan fingerprint density at radius 3 is 3.00 bits per heavy atom. The van der Waals surface area contributed by atoms with Crippen LogP contribution >= 0.6 is 0 Å². The molecule has 2 fully saturated rings. The van der Waals surface area contributed by atoms with Gasteiger partial charge in [-0.3, -0.25) is 4.79 Å². The van der Waals surface area contributed by atoms with Gasteiger partial charge < -0.3 is 14.8 Å². The molecule has 7 nitrogen and oxygen atoms in total. The van der Waals surface area contributed by atoms with Crippen molar-refractivity contribution in [2.75, 3.05) is 25.0 Å². The second-order valence-corrected chi connectivity index (χ2v) is 7.08. The number of aryl methyl sites for hydroxylation is 1. The molecule has 2 aliphatic rings. The lowest BCUT2D eigenvalue weighted by atomic mass is 9.88. The predicted octanol–water partition coefficient (Wildman–Crippen LogP) is 2.62. The quantitative estimate of drug-likeness (QED) is 0.866. The van der Waals surface area contributed by atoms with Crippen molar-refractivity contribution in [2.45, 2.75) is 32.7 Å². The number of carbonyl (C=O) groups is 1. The molecule has 1 amide bonds. The van der Waals surface area contributed by atoms with E-state index in [1.54, 1.807) is 4.90 Å². The standard InChI is InChI=1S/C17H22N6O.CH4.2H2/c1-21(17-14-3-5-19-16(14)22(2)20-17)13-7-11-9-15(24)23(6-4-18)10-12(11)8-13;;;/h3,5,11-13,19H,6-10H2,1-2H3;1H4;2*1H/t11?,12-,13?;;;/m1.../s1. The van der Waals surface area contributed by atoms with Crippen LogP contribution < -0.4 is 4.90 Å². The highest BCUT2D eigenvalue weighted by Crippen LogP contribution is 2.41. The summed E-state index contributed by atoms with van der Waals surface area (Å²) in [5, 5.41) is 14.7. The van der Waals surface area contributed by atoms with Crippen LogP contribution in [0.5, 0.6) is 0 Å². The van der Waals surface area contributed by atoms with Gasteiger partial charge in [-0.15, -0.1) is 0 Å². The normalized spacial score (nSPS) is 25.6. The second kappa shape index (κ2) is 6.43. The number of rotatable bonds is 3. The molecular formula is C18H30N6O. The number of amides is 1. The van der Waals surface area contributed by atoms with E-state index in [0.29, 0.717) is 24.3 Å². The molecule has 0 aromatic carbocycles. The van der Waals surface area contributed by atoms with Gasteiger partial charge in [-0.1, -0.05) is 7.43 Å². The van der Waals surface area contributed by atoms with E-state index in [4.69, 9.17) is 5.26 Å². The third kappa shape index (κ3) is 2.76. The number of aromatic amines is 1. The lowest BCUT2D eigenvalue weighted by Crippen LogP contribution is -2.42. The fourth-order valence-electron chi connectivity index (χ4n) is 4.43. The van der Waals surface area contributed by atoms with E-state index >= 15 is 0 Å². The fourth-order valence-corrected chi connectivity index (χ4v) is 4.43. The first kappa shape index (κ1) is 17.3. The number of fused-ring (bicyclic) bond motifs is 2. The third-order valence-electron chi connectivity index (χ3n) is 5.74. The Balaban J connectivity index is 0.00000121. The van der Waals surface area contributed by atoms with Crippen LogP contribution in [0.15, 0.2) is 12.3 Å². The summed E-state index contributed by atoms with van der Waals surface area (Å²) in [5.74, 6) is 2.06. The van der Waals surface area contributed by atoms with Crippen molar-refractivity contribution in [3.05, 3.63) is 12.3 Å². The molecule has 0 spiro atoms. The molecule has 1 saturated carbocycles. The van der Waals surface area contributed by atoms with Crippen molar-refractivity contribution in [2.24, 2.45) is 18.9 Å². The minimum atomic E-state index is 0. The van der Waals surface area contributed by atoms with Gasteiger partial charge in [0.25, 0.3) is 0 Å².